The van der Waals surface area contributed by atoms with E-state index in [4.69, 9.17) is 9.72 Å². The number of fused-ring (bicyclic) bond motifs is 1. The lowest BCUT2D eigenvalue weighted by atomic mass is 10.1. The first-order valence-corrected chi connectivity index (χ1v) is 8.76. The first kappa shape index (κ1) is 15.5. The van der Waals surface area contributed by atoms with Gasteiger partial charge in [-0.15, -0.1) is 0 Å². The van der Waals surface area contributed by atoms with Crippen molar-refractivity contribution in [1.29, 1.82) is 0 Å². The van der Waals surface area contributed by atoms with E-state index in [1.165, 1.54) is 0 Å². The monoisotopic (exact) mass is 352 g/mol. The van der Waals surface area contributed by atoms with Gasteiger partial charge in [0, 0.05) is 22.8 Å². The van der Waals surface area contributed by atoms with Crippen molar-refractivity contribution in [2.24, 2.45) is 0 Å². The number of hydrogen-bond donors (Lipinski definition) is 1. The van der Waals surface area contributed by atoms with Crippen LogP contribution < -0.4 is 0 Å². The molecule has 27 heavy (non-hydrogen) atoms. The van der Waals surface area contributed by atoms with Gasteiger partial charge in [0.05, 0.1) is 12.0 Å². The average molecular weight is 352 g/mol. The van der Waals surface area contributed by atoms with E-state index in [1.54, 1.807) is 18.8 Å². The van der Waals surface area contributed by atoms with E-state index in [2.05, 4.69) is 39.2 Å². The van der Waals surface area contributed by atoms with Gasteiger partial charge < -0.3 is 9.72 Å². The Morgan fingerprint density at radius 1 is 1.04 bits per heavy atom. The molecule has 4 aromatic rings. The highest BCUT2D eigenvalue weighted by molar-refractivity contribution is 5.90. The predicted molar refractivity (Wildman–Crippen MR) is 105 cm³/mol. The molecule has 0 amide bonds. The number of nitrogens with zero attached hydrogens (tertiary/aromatic N) is 3. The van der Waals surface area contributed by atoms with Crippen molar-refractivity contribution in [3.8, 4) is 22.5 Å². The molecule has 1 aromatic carbocycles. The van der Waals surface area contributed by atoms with Gasteiger partial charge in [0.2, 0.25) is 0 Å². The van der Waals surface area contributed by atoms with Crippen LogP contribution in [-0.2, 0) is 4.74 Å². The molecule has 0 aliphatic carbocycles. The van der Waals surface area contributed by atoms with Crippen LogP contribution in [-0.4, -0.2) is 19.9 Å². The van der Waals surface area contributed by atoms with E-state index in [-0.39, 0.29) is 0 Å². The fourth-order valence-corrected chi connectivity index (χ4v) is 3.22. The van der Waals surface area contributed by atoms with Crippen LogP contribution in [0.3, 0.4) is 0 Å². The summed E-state index contributed by atoms with van der Waals surface area (Å²) in [6.07, 6.45) is 9.80. The quantitative estimate of drug-likeness (QED) is 0.566. The van der Waals surface area contributed by atoms with Crippen molar-refractivity contribution in [1.82, 2.24) is 19.9 Å². The Hall–Kier alpha value is -3.73. The number of aromatic amines is 1. The summed E-state index contributed by atoms with van der Waals surface area (Å²) in [4.78, 5) is 16.7. The topological polar surface area (TPSA) is 63.7 Å². The van der Waals surface area contributed by atoms with Crippen molar-refractivity contribution in [3.63, 3.8) is 0 Å². The third-order valence-electron chi connectivity index (χ3n) is 4.51. The molecule has 3 aromatic heterocycles. The summed E-state index contributed by atoms with van der Waals surface area (Å²) in [5.74, 6) is 0.740. The van der Waals surface area contributed by atoms with E-state index in [0.29, 0.717) is 0 Å². The molecule has 1 aliphatic heterocycles. The van der Waals surface area contributed by atoms with Gasteiger partial charge in [-0.3, -0.25) is 0 Å². The number of nitrogens with one attached hydrogen (secondary N) is 1. The molecule has 0 saturated heterocycles. The Balaban J connectivity index is 1.71. The zero-order valence-electron chi connectivity index (χ0n) is 14.5. The van der Waals surface area contributed by atoms with Crippen molar-refractivity contribution in [2.75, 3.05) is 0 Å². The van der Waals surface area contributed by atoms with Gasteiger partial charge in [-0.25, -0.2) is 15.0 Å². The predicted octanol–water partition coefficient (Wildman–Crippen LogP) is 4.96. The van der Waals surface area contributed by atoms with Crippen LogP contribution in [0.2, 0.25) is 0 Å². The Kier molecular flexibility index (Phi) is 3.76. The van der Waals surface area contributed by atoms with Gasteiger partial charge in [0.1, 0.15) is 23.4 Å². The van der Waals surface area contributed by atoms with Crippen LogP contribution in [0.15, 0.2) is 79.5 Å². The lowest BCUT2D eigenvalue weighted by Crippen LogP contribution is -1.99. The number of aromatic nitrogens is 4. The van der Waals surface area contributed by atoms with E-state index >= 15 is 0 Å². The molecule has 0 unspecified atom stereocenters. The van der Waals surface area contributed by atoms with Gasteiger partial charge in [-0.05, 0) is 42.3 Å². The maximum Gasteiger partial charge on any atom is 0.149 e. The van der Waals surface area contributed by atoms with E-state index in [0.717, 1.165) is 51.4 Å². The Labute approximate surface area is 156 Å². The first-order valence-electron chi connectivity index (χ1n) is 8.76. The Bertz CT molecular complexity index is 1160. The van der Waals surface area contributed by atoms with Gasteiger partial charge in [-0.1, -0.05) is 30.3 Å². The lowest BCUT2D eigenvalue weighted by Gasteiger charge is -2.13. The molecular weight excluding hydrogens is 336 g/mol. The van der Waals surface area contributed by atoms with Crippen LogP contribution >= 0.6 is 0 Å². The highest BCUT2D eigenvalue weighted by atomic mass is 16.5. The van der Waals surface area contributed by atoms with Crippen LogP contribution in [0.25, 0.3) is 39.3 Å². The normalized spacial score (nSPS) is 13.4. The second kappa shape index (κ2) is 6.53. The Morgan fingerprint density at radius 2 is 1.96 bits per heavy atom. The number of pyridine rings is 1. The van der Waals surface area contributed by atoms with Crippen LogP contribution in [0.1, 0.15) is 12.1 Å². The van der Waals surface area contributed by atoms with Gasteiger partial charge >= 0.3 is 0 Å². The smallest absolute Gasteiger partial charge is 0.149 e. The second-order valence-corrected chi connectivity index (χ2v) is 6.26. The molecule has 1 aliphatic rings. The highest BCUT2D eigenvalue weighted by Gasteiger charge is 2.17. The van der Waals surface area contributed by atoms with Crippen LogP contribution in [0.4, 0.5) is 0 Å². The summed E-state index contributed by atoms with van der Waals surface area (Å²) in [5.41, 5.74) is 5.48. The van der Waals surface area contributed by atoms with Crippen molar-refractivity contribution in [3.05, 3.63) is 85.2 Å². The summed E-state index contributed by atoms with van der Waals surface area (Å²) in [6, 6.07) is 16.3. The zero-order valence-corrected chi connectivity index (χ0v) is 14.5. The summed E-state index contributed by atoms with van der Waals surface area (Å²) < 4.78 is 5.73. The van der Waals surface area contributed by atoms with Crippen LogP contribution in [0, 0.1) is 0 Å². The second-order valence-electron chi connectivity index (χ2n) is 6.26. The molecule has 0 spiro atoms. The highest BCUT2D eigenvalue weighted by Crippen LogP contribution is 2.33. The molecule has 5 heteroatoms. The summed E-state index contributed by atoms with van der Waals surface area (Å²) >= 11 is 0. The molecule has 1 N–H and O–H groups in total. The lowest BCUT2D eigenvalue weighted by molar-refractivity contribution is 0.426. The minimum Gasteiger partial charge on any atom is -0.463 e. The number of benzene rings is 1. The molecule has 130 valence electrons. The molecular formula is C22H16N4O. The average Bonchev–Trinajstić information content (AvgIpc) is 3.18. The SMILES string of the molecule is C1=COC(c2nc3[nH]c(-c4ccccc4)cc3cc2-c2ccncn2)=CC1. The molecule has 5 nitrogen and oxygen atoms in total. The number of allylic oxidation sites excluding steroid dienone is 2. The number of H-pyrrole nitrogens is 1. The fraction of sp³-hybridized carbons (Fsp3) is 0.0455. The summed E-state index contributed by atoms with van der Waals surface area (Å²) in [5, 5.41) is 1.03. The maximum atomic E-state index is 5.73. The minimum absolute atomic E-state index is 0.740. The number of hydrogen-bond acceptors (Lipinski definition) is 4. The van der Waals surface area contributed by atoms with Crippen molar-refractivity contribution < 1.29 is 4.74 Å². The van der Waals surface area contributed by atoms with Crippen LogP contribution in [0.5, 0.6) is 0 Å². The molecule has 0 bridgehead atoms. The van der Waals surface area contributed by atoms with Gasteiger partial charge in [-0.2, -0.15) is 0 Å². The molecule has 0 atom stereocenters. The standard InChI is InChI=1S/C22H16N4O/c1-2-6-15(7-3-1)19-13-16-12-17(18-9-10-23-14-24-18)21(26-22(16)25-19)20-8-4-5-11-27-20/h1-3,5-14H,4H2,(H,25,26). The molecule has 5 rings (SSSR count). The third-order valence-corrected chi connectivity index (χ3v) is 4.51. The minimum atomic E-state index is 0.740. The molecule has 4 heterocycles. The first-order chi connectivity index (χ1) is 13.4. The molecule has 0 fully saturated rings. The van der Waals surface area contributed by atoms with Gasteiger partial charge in [0.15, 0.2) is 0 Å². The Morgan fingerprint density at radius 3 is 2.74 bits per heavy atom. The van der Waals surface area contributed by atoms with Gasteiger partial charge in [0.25, 0.3) is 0 Å². The number of ether oxygens (including phenoxy) is 1. The molecule has 0 saturated carbocycles. The number of rotatable bonds is 3. The largest absolute Gasteiger partial charge is 0.463 e. The van der Waals surface area contributed by atoms with Crippen molar-refractivity contribution >= 4 is 16.8 Å². The molecule has 0 radical (unpaired) electrons. The zero-order chi connectivity index (χ0) is 18.1. The van der Waals surface area contributed by atoms with E-state index < -0.39 is 0 Å². The fourth-order valence-electron chi connectivity index (χ4n) is 3.22. The van der Waals surface area contributed by atoms with E-state index in [1.807, 2.05) is 36.4 Å². The third kappa shape index (κ3) is 2.89. The van der Waals surface area contributed by atoms with E-state index in [9.17, 15) is 0 Å². The maximum absolute atomic E-state index is 5.73. The summed E-state index contributed by atoms with van der Waals surface area (Å²) in [6.45, 7) is 0. The van der Waals surface area contributed by atoms with Crippen molar-refractivity contribution in [2.45, 2.75) is 6.42 Å². The summed E-state index contributed by atoms with van der Waals surface area (Å²) in [7, 11) is 0.